The summed E-state index contributed by atoms with van der Waals surface area (Å²) in [5.74, 6) is 1.74. The number of hydrogen-bond acceptors (Lipinski definition) is 3. The van der Waals surface area contributed by atoms with Crippen LogP contribution in [0.4, 0.5) is 0 Å². The van der Waals surface area contributed by atoms with Gasteiger partial charge in [-0.25, -0.2) is 0 Å². The number of nitrogens with two attached hydrogens (primary N) is 1. The molecule has 1 fully saturated rings. The Kier molecular flexibility index (Phi) is 8.75. The van der Waals surface area contributed by atoms with Gasteiger partial charge in [-0.2, -0.15) is 0 Å². The topological polar surface area (TPSA) is 92.6 Å². The number of carbonyl (C=O) groups excluding carboxylic acids is 1. The number of guanidine groups is 1. The predicted octanol–water partition coefficient (Wildman–Crippen LogP) is 3.27. The lowest BCUT2D eigenvalue weighted by atomic mass is 9.78. The molecule has 0 aromatic carbocycles. The van der Waals surface area contributed by atoms with Gasteiger partial charge in [-0.05, 0) is 42.7 Å². The Morgan fingerprint density at radius 3 is 2.52 bits per heavy atom. The summed E-state index contributed by atoms with van der Waals surface area (Å²) in [7, 11) is 1.76. The number of amides is 1. The molecular formula is C18H31IN4O2. The third-order valence-electron chi connectivity index (χ3n) is 4.69. The van der Waals surface area contributed by atoms with Crippen molar-refractivity contribution in [3.8, 4) is 0 Å². The second-order valence-corrected chi connectivity index (χ2v) is 7.21. The van der Waals surface area contributed by atoms with E-state index in [1.54, 1.807) is 19.2 Å². The van der Waals surface area contributed by atoms with Crippen molar-refractivity contribution in [1.82, 2.24) is 10.6 Å². The number of hydrogen-bond donors (Lipinski definition) is 3. The average Bonchev–Trinajstić information content (AvgIpc) is 3.17. The molecule has 7 heteroatoms. The number of nitrogens with zero attached hydrogens (tertiary/aromatic N) is 1. The minimum absolute atomic E-state index is 0. The molecule has 1 aromatic heterocycles. The molecule has 2 rings (SSSR count). The van der Waals surface area contributed by atoms with Crippen LogP contribution in [-0.2, 0) is 6.54 Å². The molecular weight excluding hydrogens is 431 g/mol. The Labute approximate surface area is 167 Å². The van der Waals surface area contributed by atoms with Crippen LogP contribution in [0, 0.1) is 11.3 Å². The summed E-state index contributed by atoms with van der Waals surface area (Å²) in [6.07, 6.45) is 6.47. The highest BCUT2D eigenvalue weighted by atomic mass is 127. The zero-order chi connectivity index (χ0) is 17.6. The summed E-state index contributed by atoms with van der Waals surface area (Å²) < 4.78 is 5.37. The van der Waals surface area contributed by atoms with Gasteiger partial charge in [0.25, 0.3) is 5.91 Å². The number of primary amides is 1. The van der Waals surface area contributed by atoms with Gasteiger partial charge in [0.15, 0.2) is 11.7 Å². The molecule has 4 N–H and O–H groups in total. The molecule has 25 heavy (non-hydrogen) atoms. The maximum atomic E-state index is 11.1. The fraction of sp³-hybridized carbons (Fsp3) is 0.667. The monoisotopic (exact) mass is 462 g/mol. The molecule has 0 radical (unpaired) electrons. The molecule has 1 heterocycles. The van der Waals surface area contributed by atoms with Crippen LogP contribution in [0.3, 0.4) is 0 Å². The van der Waals surface area contributed by atoms with Gasteiger partial charge < -0.3 is 20.8 Å². The molecule has 142 valence electrons. The first-order chi connectivity index (χ1) is 11.4. The van der Waals surface area contributed by atoms with Crippen molar-refractivity contribution in [2.24, 2.45) is 22.1 Å². The molecule has 0 unspecified atom stereocenters. The standard InChI is InChI=1S/C18H30N4O2.HI/c1-13(2)10-18(8-4-5-9-18)12-22-17(20-3)21-11-14-6-7-15(24-14)16(19)23;/h6-7,13H,4-5,8-12H2,1-3H3,(H2,19,23)(H2,20,21,22);1H. The van der Waals surface area contributed by atoms with Crippen LogP contribution in [0.2, 0.25) is 0 Å². The lowest BCUT2D eigenvalue weighted by Gasteiger charge is -2.31. The van der Waals surface area contributed by atoms with Crippen molar-refractivity contribution in [3.05, 3.63) is 23.7 Å². The van der Waals surface area contributed by atoms with E-state index in [1.807, 2.05) is 0 Å². The maximum absolute atomic E-state index is 11.1. The Morgan fingerprint density at radius 2 is 2.00 bits per heavy atom. The van der Waals surface area contributed by atoms with Crippen LogP contribution < -0.4 is 16.4 Å². The third-order valence-corrected chi connectivity index (χ3v) is 4.69. The molecule has 0 saturated heterocycles. The summed E-state index contributed by atoms with van der Waals surface area (Å²) in [6.45, 7) is 5.99. The first kappa shape index (κ1) is 21.8. The van der Waals surface area contributed by atoms with Crippen LogP contribution in [0.5, 0.6) is 0 Å². The predicted molar refractivity (Wildman–Crippen MR) is 111 cm³/mol. The van der Waals surface area contributed by atoms with Crippen LogP contribution in [0.15, 0.2) is 21.5 Å². The van der Waals surface area contributed by atoms with Crippen molar-refractivity contribution in [2.75, 3.05) is 13.6 Å². The van der Waals surface area contributed by atoms with Gasteiger partial charge in [0.2, 0.25) is 0 Å². The third kappa shape index (κ3) is 6.52. The Hall–Kier alpha value is -1.25. The van der Waals surface area contributed by atoms with E-state index in [0.29, 0.717) is 23.6 Å². The molecule has 0 aliphatic heterocycles. The molecule has 0 atom stereocenters. The van der Waals surface area contributed by atoms with E-state index in [2.05, 4.69) is 29.5 Å². The van der Waals surface area contributed by atoms with Crippen molar-refractivity contribution < 1.29 is 9.21 Å². The van der Waals surface area contributed by atoms with Gasteiger partial charge >= 0.3 is 0 Å². The second kappa shape index (κ2) is 10.0. The minimum atomic E-state index is -0.555. The summed E-state index contributed by atoms with van der Waals surface area (Å²) in [5.41, 5.74) is 5.58. The minimum Gasteiger partial charge on any atom is -0.454 e. The molecule has 1 aliphatic carbocycles. The van der Waals surface area contributed by atoms with Crippen molar-refractivity contribution >= 4 is 35.8 Å². The van der Waals surface area contributed by atoms with Gasteiger partial charge in [0.1, 0.15) is 5.76 Å². The largest absolute Gasteiger partial charge is 0.454 e. The number of aliphatic imine (C=N–C) groups is 1. The molecule has 1 saturated carbocycles. The lowest BCUT2D eigenvalue weighted by molar-refractivity contribution is 0.0972. The maximum Gasteiger partial charge on any atom is 0.284 e. The van der Waals surface area contributed by atoms with Crippen LogP contribution in [-0.4, -0.2) is 25.5 Å². The Balaban J connectivity index is 0.00000312. The van der Waals surface area contributed by atoms with Crippen molar-refractivity contribution in [3.63, 3.8) is 0 Å². The fourth-order valence-electron chi connectivity index (χ4n) is 3.71. The smallest absolute Gasteiger partial charge is 0.284 e. The average molecular weight is 462 g/mol. The Morgan fingerprint density at radius 1 is 1.32 bits per heavy atom. The summed E-state index contributed by atoms with van der Waals surface area (Å²) >= 11 is 0. The first-order valence-electron chi connectivity index (χ1n) is 8.77. The first-order valence-corrected chi connectivity index (χ1v) is 8.77. The van der Waals surface area contributed by atoms with Crippen LogP contribution >= 0.6 is 24.0 Å². The molecule has 1 aliphatic rings. The number of nitrogens with one attached hydrogen (secondary N) is 2. The molecule has 0 spiro atoms. The normalized spacial score (nSPS) is 16.6. The molecule has 1 aromatic rings. The van der Waals surface area contributed by atoms with E-state index < -0.39 is 5.91 Å². The fourth-order valence-corrected chi connectivity index (χ4v) is 3.71. The SMILES string of the molecule is CN=C(NCc1ccc(C(N)=O)o1)NCC1(CC(C)C)CCCC1.I. The highest BCUT2D eigenvalue weighted by Crippen LogP contribution is 2.42. The van der Waals surface area contributed by atoms with Crippen LogP contribution in [0.25, 0.3) is 0 Å². The summed E-state index contributed by atoms with van der Waals surface area (Å²) in [5, 5.41) is 6.69. The molecule has 6 nitrogen and oxygen atoms in total. The van der Waals surface area contributed by atoms with E-state index in [9.17, 15) is 4.79 Å². The zero-order valence-electron chi connectivity index (χ0n) is 15.4. The van der Waals surface area contributed by atoms with E-state index in [-0.39, 0.29) is 29.7 Å². The number of furan rings is 1. The quantitative estimate of drug-likeness (QED) is 0.330. The van der Waals surface area contributed by atoms with Gasteiger partial charge in [0.05, 0.1) is 6.54 Å². The van der Waals surface area contributed by atoms with Crippen molar-refractivity contribution in [1.29, 1.82) is 0 Å². The van der Waals surface area contributed by atoms with E-state index in [0.717, 1.165) is 12.5 Å². The van der Waals surface area contributed by atoms with Crippen molar-refractivity contribution in [2.45, 2.75) is 52.5 Å². The number of carbonyl (C=O) groups is 1. The summed E-state index contributed by atoms with van der Waals surface area (Å²) in [4.78, 5) is 15.3. The highest BCUT2D eigenvalue weighted by Gasteiger charge is 2.34. The number of rotatable bonds is 7. The van der Waals surface area contributed by atoms with Gasteiger partial charge in [0, 0.05) is 13.6 Å². The molecule has 1 amide bonds. The second-order valence-electron chi connectivity index (χ2n) is 7.21. The zero-order valence-corrected chi connectivity index (χ0v) is 17.8. The van der Waals surface area contributed by atoms with E-state index >= 15 is 0 Å². The van der Waals surface area contributed by atoms with Gasteiger partial charge in [-0.15, -0.1) is 24.0 Å². The Bertz CT molecular complexity index is 577. The molecule has 0 bridgehead atoms. The highest BCUT2D eigenvalue weighted by molar-refractivity contribution is 14.0. The van der Waals surface area contributed by atoms with Crippen LogP contribution in [0.1, 0.15) is 62.3 Å². The van der Waals surface area contributed by atoms with Gasteiger partial charge in [-0.3, -0.25) is 9.79 Å². The number of halogens is 1. The lowest BCUT2D eigenvalue weighted by Crippen LogP contribution is -2.43. The van der Waals surface area contributed by atoms with Gasteiger partial charge in [-0.1, -0.05) is 26.7 Å². The summed E-state index contributed by atoms with van der Waals surface area (Å²) in [6, 6.07) is 3.34. The van der Waals surface area contributed by atoms with E-state index in [4.69, 9.17) is 10.2 Å². The van der Waals surface area contributed by atoms with E-state index in [1.165, 1.54) is 32.1 Å².